The van der Waals surface area contributed by atoms with Crippen molar-refractivity contribution in [2.75, 3.05) is 12.4 Å². The van der Waals surface area contributed by atoms with Crippen LogP contribution in [0.5, 0.6) is 0 Å². The molecule has 2 aromatic rings. The highest BCUT2D eigenvalue weighted by atomic mass is 79.9. The van der Waals surface area contributed by atoms with Crippen LogP contribution in [0, 0.1) is 13.8 Å². The minimum Gasteiger partial charge on any atom is -0.372 e. The van der Waals surface area contributed by atoms with Crippen LogP contribution in [-0.2, 0) is 0 Å². The lowest BCUT2D eigenvalue weighted by Crippen LogP contribution is -2.04. The fourth-order valence-electron chi connectivity index (χ4n) is 2.02. The van der Waals surface area contributed by atoms with E-state index >= 15 is 0 Å². The summed E-state index contributed by atoms with van der Waals surface area (Å²) in [6.07, 6.45) is 0. The average molecular weight is 334 g/mol. The molecule has 0 amide bonds. The molecule has 0 saturated heterocycles. The van der Waals surface area contributed by atoms with Crippen LogP contribution in [0.25, 0.3) is 11.4 Å². The van der Waals surface area contributed by atoms with E-state index in [1.807, 2.05) is 7.05 Å². The van der Waals surface area contributed by atoms with Crippen LogP contribution in [0.15, 0.2) is 22.7 Å². The predicted octanol–water partition coefficient (Wildman–Crippen LogP) is 4.69. The molecule has 0 fully saturated rings. The van der Waals surface area contributed by atoms with Gasteiger partial charge in [0.2, 0.25) is 0 Å². The van der Waals surface area contributed by atoms with Gasteiger partial charge in [-0.25, -0.2) is 9.97 Å². The van der Waals surface area contributed by atoms with Crippen molar-refractivity contribution in [3.63, 3.8) is 0 Å². The van der Waals surface area contributed by atoms with Gasteiger partial charge in [-0.3, -0.25) is 0 Å². The second-order valence-corrected chi connectivity index (χ2v) is 6.09. The van der Waals surface area contributed by atoms with Gasteiger partial charge < -0.3 is 5.32 Å². The van der Waals surface area contributed by atoms with Gasteiger partial charge in [0.1, 0.15) is 5.82 Å². The maximum absolute atomic E-state index is 4.72. The lowest BCUT2D eigenvalue weighted by molar-refractivity contribution is 0.810. The number of rotatable bonds is 3. The number of benzene rings is 1. The minimum absolute atomic E-state index is 0.338. The fourth-order valence-corrected chi connectivity index (χ4v) is 2.86. The van der Waals surface area contributed by atoms with Gasteiger partial charge in [-0.15, -0.1) is 0 Å². The zero-order chi connectivity index (χ0) is 14.9. The standard InChI is InChI=1S/C16H20BrN3/c1-9(2)14-13(17)16(18-5)20-15(19-14)12-7-6-10(3)11(4)8-12/h6-9H,1-5H3,(H,18,19,20). The molecule has 106 valence electrons. The van der Waals surface area contributed by atoms with Gasteiger partial charge in [0.25, 0.3) is 0 Å². The summed E-state index contributed by atoms with van der Waals surface area (Å²) in [5.74, 6) is 1.94. The second kappa shape index (κ2) is 5.92. The normalized spacial score (nSPS) is 10.9. The molecule has 1 heterocycles. The molecule has 2 rings (SSSR count). The Balaban J connectivity index is 2.61. The summed E-state index contributed by atoms with van der Waals surface area (Å²) >= 11 is 3.59. The molecule has 20 heavy (non-hydrogen) atoms. The molecule has 0 aliphatic heterocycles. The van der Waals surface area contributed by atoms with E-state index in [1.54, 1.807) is 0 Å². The molecule has 0 atom stereocenters. The Morgan fingerprint density at radius 3 is 2.35 bits per heavy atom. The van der Waals surface area contributed by atoms with Gasteiger partial charge in [-0.1, -0.05) is 26.0 Å². The zero-order valence-corrected chi connectivity index (χ0v) is 14.2. The fraction of sp³-hybridized carbons (Fsp3) is 0.375. The molecule has 1 aromatic carbocycles. The number of hydrogen-bond acceptors (Lipinski definition) is 3. The minimum atomic E-state index is 0.338. The van der Waals surface area contributed by atoms with Gasteiger partial charge in [-0.2, -0.15) is 0 Å². The monoisotopic (exact) mass is 333 g/mol. The van der Waals surface area contributed by atoms with E-state index in [2.05, 4.69) is 72.1 Å². The first-order valence-corrected chi connectivity index (χ1v) is 7.56. The Labute approximate surface area is 129 Å². The van der Waals surface area contributed by atoms with Crippen LogP contribution in [0.2, 0.25) is 0 Å². The average Bonchev–Trinajstić information content (AvgIpc) is 2.42. The third-order valence-electron chi connectivity index (χ3n) is 3.43. The van der Waals surface area contributed by atoms with Crippen molar-refractivity contribution in [3.8, 4) is 11.4 Å². The molecule has 0 spiro atoms. The number of anilines is 1. The molecule has 1 aromatic heterocycles. The lowest BCUT2D eigenvalue weighted by atomic mass is 10.1. The molecule has 0 aliphatic carbocycles. The second-order valence-electron chi connectivity index (χ2n) is 5.30. The van der Waals surface area contributed by atoms with Crippen LogP contribution in [-0.4, -0.2) is 17.0 Å². The highest BCUT2D eigenvalue weighted by molar-refractivity contribution is 9.10. The summed E-state index contributed by atoms with van der Waals surface area (Å²) in [7, 11) is 1.88. The number of aryl methyl sites for hydroxylation is 2. The Hall–Kier alpha value is -1.42. The highest BCUT2D eigenvalue weighted by Gasteiger charge is 2.15. The first-order valence-electron chi connectivity index (χ1n) is 6.76. The molecule has 0 saturated carbocycles. The van der Waals surface area contributed by atoms with Crippen LogP contribution in [0.3, 0.4) is 0 Å². The van der Waals surface area contributed by atoms with Gasteiger partial charge in [0, 0.05) is 12.6 Å². The Morgan fingerprint density at radius 1 is 1.10 bits per heavy atom. The van der Waals surface area contributed by atoms with E-state index in [1.165, 1.54) is 11.1 Å². The first-order chi connectivity index (χ1) is 9.43. The van der Waals surface area contributed by atoms with Crippen molar-refractivity contribution >= 4 is 21.7 Å². The van der Waals surface area contributed by atoms with Gasteiger partial charge in [0.15, 0.2) is 5.82 Å². The summed E-state index contributed by atoms with van der Waals surface area (Å²) < 4.78 is 0.947. The van der Waals surface area contributed by atoms with E-state index in [0.717, 1.165) is 27.4 Å². The lowest BCUT2D eigenvalue weighted by Gasteiger charge is -2.14. The summed E-state index contributed by atoms with van der Waals surface area (Å²) in [5, 5.41) is 3.13. The van der Waals surface area contributed by atoms with Crippen molar-refractivity contribution in [3.05, 3.63) is 39.5 Å². The number of hydrogen-bond donors (Lipinski definition) is 1. The molecule has 4 heteroatoms. The highest BCUT2D eigenvalue weighted by Crippen LogP contribution is 2.31. The maximum atomic E-state index is 4.72. The van der Waals surface area contributed by atoms with Crippen molar-refractivity contribution < 1.29 is 0 Å². The predicted molar refractivity (Wildman–Crippen MR) is 88.3 cm³/mol. The van der Waals surface area contributed by atoms with Gasteiger partial charge in [0.05, 0.1) is 10.2 Å². The molecule has 0 aliphatic rings. The molecule has 1 N–H and O–H groups in total. The van der Waals surface area contributed by atoms with E-state index in [0.29, 0.717) is 5.92 Å². The summed E-state index contributed by atoms with van der Waals surface area (Å²) in [5.41, 5.74) is 4.62. The van der Waals surface area contributed by atoms with Crippen molar-refractivity contribution in [2.45, 2.75) is 33.6 Å². The number of halogens is 1. The molecule has 0 bridgehead atoms. The topological polar surface area (TPSA) is 37.8 Å². The van der Waals surface area contributed by atoms with Crippen LogP contribution in [0.4, 0.5) is 5.82 Å². The van der Waals surface area contributed by atoms with Crippen LogP contribution >= 0.6 is 15.9 Å². The maximum Gasteiger partial charge on any atom is 0.161 e. The summed E-state index contributed by atoms with van der Waals surface area (Å²) in [6.45, 7) is 8.49. The smallest absolute Gasteiger partial charge is 0.161 e. The van der Waals surface area contributed by atoms with Gasteiger partial charge >= 0.3 is 0 Å². The Morgan fingerprint density at radius 2 is 1.80 bits per heavy atom. The number of aromatic nitrogens is 2. The summed E-state index contributed by atoms with van der Waals surface area (Å²) in [6, 6.07) is 6.33. The van der Waals surface area contributed by atoms with Crippen molar-refractivity contribution in [2.24, 2.45) is 0 Å². The Kier molecular flexibility index (Phi) is 4.43. The third-order valence-corrected chi connectivity index (χ3v) is 4.21. The van der Waals surface area contributed by atoms with Crippen molar-refractivity contribution in [1.29, 1.82) is 0 Å². The van der Waals surface area contributed by atoms with Crippen molar-refractivity contribution in [1.82, 2.24) is 9.97 Å². The molecule has 0 radical (unpaired) electrons. The number of nitrogens with one attached hydrogen (secondary N) is 1. The van der Waals surface area contributed by atoms with E-state index in [4.69, 9.17) is 4.98 Å². The van der Waals surface area contributed by atoms with E-state index < -0.39 is 0 Å². The van der Waals surface area contributed by atoms with Gasteiger partial charge in [-0.05, 0) is 52.9 Å². The quantitative estimate of drug-likeness (QED) is 0.885. The largest absolute Gasteiger partial charge is 0.372 e. The van der Waals surface area contributed by atoms with Crippen LogP contribution < -0.4 is 5.32 Å². The summed E-state index contributed by atoms with van der Waals surface area (Å²) in [4.78, 5) is 9.33. The number of nitrogens with zero attached hydrogens (tertiary/aromatic N) is 2. The molecular weight excluding hydrogens is 314 g/mol. The zero-order valence-electron chi connectivity index (χ0n) is 12.6. The van der Waals surface area contributed by atoms with Crippen LogP contribution in [0.1, 0.15) is 36.6 Å². The SMILES string of the molecule is CNc1nc(-c2ccc(C)c(C)c2)nc(C(C)C)c1Br. The van der Waals surface area contributed by atoms with E-state index in [9.17, 15) is 0 Å². The molecule has 0 unspecified atom stereocenters. The first kappa shape index (κ1) is 15.0. The molecule has 3 nitrogen and oxygen atoms in total. The van der Waals surface area contributed by atoms with E-state index in [-0.39, 0.29) is 0 Å². The molecular formula is C16H20BrN3. The third kappa shape index (κ3) is 2.85. The Bertz CT molecular complexity index is 636.